The highest BCUT2D eigenvalue weighted by Gasteiger charge is 2.33. The van der Waals surface area contributed by atoms with E-state index in [0.717, 1.165) is 10.9 Å². The van der Waals surface area contributed by atoms with Crippen molar-refractivity contribution in [1.82, 2.24) is 9.78 Å². The maximum absolute atomic E-state index is 12.8. The third-order valence-electron chi connectivity index (χ3n) is 2.97. The van der Waals surface area contributed by atoms with Gasteiger partial charge in [-0.1, -0.05) is 23.2 Å². The molecule has 138 valence electrons. The van der Waals surface area contributed by atoms with E-state index in [1.54, 1.807) is 6.07 Å². The Morgan fingerprint density at radius 3 is 2.12 bits per heavy atom. The topological polar surface area (TPSA) is 41.6 Å². The molecular formula is C14H4BrCl2F6N3. The van der Waals surface area contributed by atoms with Gasteiger partial charge in [0.1, 0.15) is 11.8 Å². The van der Waals surface area contributed by atoms with Crippen molar-refractivity contribution in [2.75, 3.05) is 0 Å². The summed E-state index contributed by atoms with van der Waals surface area (Å²) >= 11 is 14.0. The average molecular weight is 479 g/mol. The molecule has 0 bridgehead atoms. The SMILES string of the molecule is N#Cc1nn(-c2c(Cl)cc(C(F)(F)F)cc2Cl)cc1C=C(Br)C(F)(F)F. The second-order valence-electron chi connectivity index (χ2n) is 4.77. The van der Waals surface area contributed by atoms with Crippen LogP contribution in [-0.4, -0.2) is 16.0 Å². The van der Waals surface area contributed by atoms with Crippen LogP contribution in [0.3, 0.4) is 0 Å². The molecule has 1 aromatic carbocycles. The van der Waals surface area contributed by atoms with Crippen LogP contribution in [0.5, 0.6) is 0 Å². The third-order valence-corrected chi connectivity index (χ3v) is 4.23. The average Bonchev–Trinajstić information content (AvgIpc) is 2.87. The number of nitriles is 1. The van der Waals surface area contributed by atoms with Gasteiger partial charge in [-0.25, -0.2) is 4.68 Å². The fourth-order valence-corrected chi connectivity index (χ4v) is 2.77. The van der Waals surface area contributed by atoms with Crippen molar-refractivity contribution in [3.05, 3.63) is 49.7 Å². The largest absolute Gasteiger partial charge is 0.422 e. The van der Waals surface area contributed by atoms with Crippen molar-refractivity contribution in [3.63, 3.8) is 0 Å². The molecule has 0 aliphatic rings. The fraction of sp³-hybridized carbons (Fsp3) is 0.143. The molecule has 26 heavy (non-hydrogen) atoms. The predicted molar refractivity (Wildman–Crippen MR) is 86.3 cm³/mol. The molecule has 0 unspecified atom stereocenters. The summed E-state index contributed by atoms with van der Waals surface area (Å²) in [5.74, 6) is 0. The van der Waals surface area contributed by atoms with E-state index in [1.165, 1.54) is 0 Å². The molecule has 0 N–H and O–H groups in total. The Bertz CT molecular complexity index is 901. The zero-order valence-electron chi connectivity index (χ0n) is 12.1. The molecule has 12 heteroatoms. The Hall–Kier alpha value is -1.70. The summed E-state index contributed by atoms with van der Waals surface area (Å²) in [6.07, 6.45) is -7.79. The summed E-state index contributed by atoms with van der Waals surface area (Å²) in [7, 11) is 0. The molecular weight excluding hydrogens is 475 g/mol. The van der Waals surface area contributed by atoms with Gasteiger partial charge in [-0.2, -0.15) is 36.7 Å². The van der Waals surface area contributed by atoms with Gasteiger partial charge in [0.25, 0.3) is 0 Å². The van der Waals surface area contributed by atoms with Crippen molar-refractivity contribution in [1.29, 1.82) is 5.26 Å². The van der Waals surface area contributed by atoms with E-state index in [9.17, 15) is 26.3 Å². The van der Waals surface area contributed by atoms with Gasteiger partial charge in [0, 0.05) is 11.8 Å². The van der Waals surface area contributed by atoms with Crippen LogP contribution in [0.15, 0.2) is 22.8 Å². The number of hydrogen-bond acceptors (Lipinski definition) is 2. The van der Waals surface area contributed by atoms with Crippen LogP contribution in [0.25, 0.3) is 11.8 Å². The van der Waals surface area contributed by atoms with Crippen molar-refractivity contribution < 1.29 is 26.3 Å². The van der Waals surface area contributed by atoms with Crippen LogP contribution in [0.2, 0.25) is 10.0 Å². The van der Waals surface area contributed by atoms with Gasteiger partial charge in [0.15, 0.2) is 5.69 Å². The van der Waals surface area contributed by atoms with Crippen molar-refractivity contribution in [3.8, 4) is 11.8 Å². The van der Waals surface area contributed by atoms with Crippen LogP contribution in [-0.2, 0) is 6.18 Å². The van der Waals surface area contributed by atoms with Gasteiger partial charge in [-0.15, -0.1) is 0 Å². The molecule has 0 amide bonds. The van der Waals surface area contributed by atoms with Gasteiger partial charge in [-0.3, -0.25) is 0 Å². The van der Waals surface area contributed by atoms with Gasteiger partial charge in [0.05, 0.1) is 20.1 Å². The lowest BCUT2D eigenvalue weighted by molar-refractivity contribution is -0.137. The monoisotopic (exact) mass is 477 g/mol. The smallest absolute Gasteiger partial charge is 0.236 e. The zero-order chi connectivity index (χ0) is 19.9. The molecule has 1 heterocycles. The highest BCUT2D eigenvalue weighted by Crippen LogP contribution is 2.38. The summed E-state index contributed by atoms with van der Waals surface area (Å²) in [6.45, 7) is 0. The first kappa shape index (κ1) is 20.6. The summed E-state index contributed by atoms with van der Waals surface area (Å²) in [4.78, 5) is 0. The Morgan fingerprint density at radius 2 is 1.69 bits per heavy atom. The Balaban J connectivity index is 2.60. The molecule has 1 aromatic heterocycles. The lowest BCUT2D eigenvalue weighted by atomic mass is 10.2. The van der Waals surface area contributed by atoms with Gasteiger partial charge in [0.2, 0.25) is 0 Å². The highest BCUT2D eigenvalue weighted by atomic mass is 79.9. The molecule has 0 atom stereocenters. The van der Waals surface area contributed by atoms with E-state index in [-0.39, 0.29) is 11.3 Å². The van der Waals surface area contributed by atoms with E-state index in [4.69, 9.17) is 28.5 Å². The minimum atomic E-state index is -4.70. The minimum Gasteiger partial charge on any atom is -0.236 e. The summed E-state index contributed by atoms with van der Waals surface area (Å²) in [5, 5.41) is 11.9. The number of rotatable bonds is 2. The maximum atomic E-state index is 12.8. The normalized spacial score (nSPS) is 13.0. The number of nitrogens with zero attached hydrogens (tertiary/aromatic N) is 3. The third kappa shape index (κ3) is 4.34. The Morgan fingerprint density at radius 1 is 1.15 bits per heavy atom. The number of hydrogen-bond donors (Lipinski definition) is 0. The standard InChI is InChI=1S/C14H4BrCl2F6N3/c15-11(14(21,22)23)1-6-5-26(25-10(6)4-24)12-8(16)2-7(3-9(12)17)13(18,19)20/h1-3,5H. The predicted octanol–water partition coefficient (Wildman–Crippen LogP) is 6.37. The fourth-order valence-electron chi connectivity index (χ4n) is 1.86. The molecule has 0 aliphatic heterocycles. The summed E-state index contributed by atoms with van der Waals surface area (Å²) in [5.41, 5.74) is -1.95. The molecule has 0 saturated heterocycles. The van der Waals surface area contributed by atoms with Crippen LogP contribution in [0.1, 0.15) is 16.8 Å². The lowest BCUT2D eigenvalue weighted by Gasteiger charge is -2.12. The van der Waals surface area contributed by atoms with Crippen LogP contribution in [0.4, 0.5) is 26.3 Å². The van der Waals surface area contributed by atoms with Crippen molar-refractivity contribution in [2.24, 2.45) is 0 Å². The van der Waals surface area contributed by atoms with E-state index in [1.807, 2.05) is 0 Å². The van der Waals surface area contributed by atoms with E-state index in [2.05, 4.69) is 21.0 Å². The van der Waals surface area contributed by atoms with Crippen LogP contribution >= 0.6 is 39.1 Å². The molecule has 2 aromatic rings. The van der Waals surface area contributed by atoms with E-state index < -0.39 is 38.1 Å². The second kappa shape index (κ2) is 7.13. The number of benzene rings is 1. The molecule has 0 radical (unpaired) electrons. The molecule has 3 nitrogen and oxygen atoms in total. The molecule has 0 spiro atoms. The minimum absolute atomic E-state index is 0.208. The highest BCUT2D eigenvalue weighted by molar-refractivity contribution is 9.11. The summed E-state index contributed by atoms with van der Waals surface area (Å²) < 4.78 is 75.8. The van der Waals surface area contributed by atoms with Crippen molar-refractivity contribution in [2.45, 2.75) is 12.4 Å². The quantitative estimate of drug-likeness (QED) is 0.471. The maximum Gasteiger partial charge on any atom is 0.422 e. The van der Waals surface area contributed by atoms with Crippen molar-refractivity contribution >= 4 is 45.2 Å². The first-order valence-electron chi connectivity index (χ1n) is 6.35. The molecule has 0 saturated carbocycles. The zero-order valence-corrected chi connectivity index (χ0v) is 15.2. The van der Waals surface area contributed by atoms with E-state index in [0.29, 0.717) is 18.2 Å². The Kier molecular flexibility index (Phi) is 5.66. The van der Waals surface area contributed by atoms with Gasteiger partial charge < -0.3 is 0 Å². The molecule has 0 aliphatic carbocycles. The Labute approximate surface area is 160 Å². The van der Waals surface area contributed by atoms with Gasteiger partial charge in [-0.05, 0) is 34.1 Å². The first-order valence-corrected chi connectivity index (χ1v) is 7.90. The first-order chi connectivity index (χ1) is 11.8. The number of allylic oxidation sites excluding steroid dienone is 1. The van der Waals surface area contributed by atoms with E-state index >= 15 is 0 Å². The van der Waals surface area contributed by atoms with Crippen LogP contribution < -0.4 is 0 Å². The summed E-state index contributed by atoms with van der Waals surface area (Å²) in [6, 6.07) is 2.78. The molecule has 2 rings (SSSR count). The van der Waals surface area contributed by atoms with Gasteiger partial charge >= 0.3 is 12.4 Å². The molecule has 0 fully saturated rings. The number of alkyl halides is 6. The van der Waals surface area contributed by atoms with Crippen LogP contribution in [0, 0.1) is 11.3 Å². The second-order valence-corrected chi connectivity index (χ2v) is 6.43. The number of halogens is 9. The number of aromatic nitrogens is 2. The lowest BCUT2D eigenvalue weighted by Crippen LogP contribution is -2.07.